The molecule has 0 saturated heterocycles. The van der Waals surface area contributed by atoms with Crippen LogP contribution in [0.5, 0.6) is 5.75 Å². The molecule has 2 rings (SSSR count). The number of carbonyl (C=O) groups is 1. The number of methoxy groups -OCH3 is 1. The molecule has 2 aromatic rings. The number of nitrogen functional groups attached to an aromatic ring is 1. The van der Waals surface area contributed by atoms with Gasteiger partial charge in [-0.3, -0.25) is 4.79 Å². The molecule has 1 amide bonds. The first-order valence-electron chi connectivity index (χ1n) is 5.61. The van der Waals surface area contributed by atoms with Gasteiger partial charge in [0.05, 0.1) is 18.4 Å². The van der Waals surface area contributed by atoms with Crippen molar-refractivity contribution in [1.29, 1.82) is 0 Å². The molecule has 0 heterocycles. The van der Waals surface area contributed by atoms with Crippen molar-refractivity contribution in [2.75, 3.05) is 18.2 Å². The summed E-state index contributed by atoms with van der Waals surface area (Å²) in [5.41, 5.74) is 7.39. The highest BCUT2D eigenvalue weighted by molar-refractivity contribution is 9.10. The molecule has 0 saturated carbocycles. The number of rotatable bonds is 3. The standard InChI is InChI=1S/C14H13BrN2O2/c1-19-13-8-9(16)6-7-12(13)17-14(18)10-4-2-3-5-11(10)15/h2-8H,16H2,1H3,(H,17,18). The molecule has 0 bridgehead atoms. The van der Waals surface area contributed by atoms with Crippen molar-refractivity contribution >= 4 is 33.2 Å². The van der Waals surface area contributed by atoms with E-state index >= 15 is 0 Å². The highest BCUT2D eigenvalue weighted by Crippen LogP contribution is 2.27. The number of benzene rings is 2. The zero-order chi connectivity index (χ0) is 13.8. The third kappa shape index (κ3) is 3.06. The molecule has 0 aliphatic carbocycles. The molecule has 4 nitrogen and oxygen atoms in total. The van der Waals surface area contributed by atoms with E-state index in [1.165, 1.54) is 7.11 Å². The SMILES string of the molecule is COc1cc(N)ccc1NC(=O)c1ccccc1Br. The molecule has 0 spiro atoms. The van der Waals surface area contributed by atoms with E-state index in [4.69, 9.17) is 10.5 Å². The fourth-order valence-corrected chi connectivity index (χ4v) is 2.11. The minimum Gasteiger partial charge on any atom is -0.494 e. The van der Waals surface area contributed by atoms with Crippen LogP contribution in [0.2, 0.25) is 0 Å². The van der Waals surface area contributed by atoms with Gasteiger partial charge in [0.25, 0.3) is 5.91 Å². The number of halogens is 1. The fraction of sp³-hybridized carbons (Fsp3) is 0.0714. The van der Waals surface area contributed by atoms with Crippen molar-refractivity contribution in [3.63, 3.8) is 0 Å². The van der Waals surface area contributed by atoms with Crippen molar-refractivity contribution in [3.05, 3.63) is 52.5 Å². The molecule has 0 unspecified atom stereocenters. The molecule has 5 heteroatoms. The summed E-state index contributed by atoms with van der Waals surface area (Å²) in [6.07, 6.45) is 0. The van der Waals surface area contributed by atoms with Crippen LogP contribution in [-0.2, 0) is 0 Å². The molecular weight excluding hydrogens is 308 g/mol. The van der Waals surface area contributed by atoms with E-state index in [1.54, 1.807) is 30.3 Å². The van der Waals surface area contributed by atoms with E-state index in [0.717, 1.165) is 4.47 Å². The summed E-state index contributed by atoms with van der Waals surface area (Å²) in [5.74, 6) is 0.316. The number of nitrogens with one attached hydrogen (secondary N) is 1. The van der Waals surface area contributed by atoms with E-state index < -0.39 is 0 Å². The average molecular weight is 321 g/mol. The maximum absolute atomic E-state index is 12.2. The Hall–Kier alpha value is -2.01. The second-order valence-electron chi connectivity index (χ2n) is 3.89. The second kappa shape index (κ2) is 5.75. The van der Waals surface area contributed by atoms with Crippen LogP contribution in [0.3, 0.4) is 0 Å². The summed E-state index contributed by atoms with van der Waals surface area (Å²) in [6.45, 7) is 0. The van der Waals surface area contributed by atoms with Gasteiger partial charge < -0.3 is 15.8 Å². The molecule has 0 aromatic heterocycles. The lowest BCUT2D eigenvalue weighted by Crippen LogP contribution is -2.13. The van der Waals surface area contributed by atoms with E-state index in [2.05, 4.69) is 21.2 Å². The fourth-order valence-electron chi connectivity index (χ4n) is 1.65. The Bertz CT molecular complexity index is 614. The van der Waals surface area contributed by atoms with Gasteiger partial charge in [0.15, 0.2) is 0 Å². The van der Waals surface area contributed by atoms with Gasteiger partial charge in [0.2, 0.25) is 0 Å². The largest absolute Gasteiger partial charge is 0.494 e. The quantitative estimate of drug-likeness (QED) is 0.853. The van der Waals surface area contributed by atoms with Crippen LogP contribution in [0, 0.1) is 0 Å². The van der Waals surface area contributed by atoms with Gasteiger partial charge in [-0.25, -0.2) is 0 Å². The maximum Gasteiger partial charge on any atom is 0.256 e. The first-order chi connectivity index (χ1) is 9.11. The lowest BCUT2D eigenvalue weighted by Gasteiger charge is -2.11. The van der Waals surface area contributed by atoms with Crippen molar-refractivity contribution < 1.29 is 9.53 Å². The van der Waals surface area contributed by atoms with Crippen molar-refractivity contribution in [1.82, 2.24) is 0 Å². The van der Waals surface area contributed by atoms with Gasteiger partial charge in [-0.2, -0.15) is 0 Å². The lowest BCUT2D eigenvalue weighted by atomic mass is 10.2. The molecule has 2 aromatic carbocycles. The summed E-state index contributed by atoms with van der Waals surface area (Å²) < 4.78 is 5.92. The summed E-state index contributed by atoms with van der Waals surface area (Å²) in [4.78, 5) is 12.2. The predicted molar refractivity (Wildman–Crippen MR) is 79.5 cm³/mol. The molecule has 0 atom stereocenters. The highest BCUT2D eigenvalue weighted by Gasteiger charge is 2.12. The zero-order valence-electron chi connectivity index (χ0n) is 10.3. The Morgan fingerprint density at radius 1 is 1.26 bits per heavy atom. The van der Waals surface area contributed by atoms with Gasteiger partial charge in [0, 0.05) is 16.2 Å². The lowest BCUT2D eigenvalue weighted by molar-refractivity contribution is 0.102. The third-order valence-electron chi connectivity index (χ3n) is 2.59. The smallest absolute Gasteiger partial charge is 0.256 e. The first-order valence-corrected chi connectivity index (χ1v) is 6.40. The molecule has 0 radical (unpaired) electrons. The van der Waals surface area contributed by atoms with Gasteiger partial charge in [-0.05, 0) is 40.2 Å². The van der Waals surface area contributed by atoms with Crippen LogP contribution in [-0.4, -0.2) is 13.0 Å². The summed E-state index contributed by atoms with van der Waals surface area (Å²) in [7, 11) is 1.53. The van der Waals surface area contributed by atoms with Crippen LogP contribution in [0.1, 0.15) is 10.4 Å². The Kier molecular flexibility index (Phi) is 4.06. The zero-order valence-corrected chi connectivity index (χ0v) is 11.9. The summed E-state index contributed by atoms with van der Waals surface area (Å²) in [5, 5.41) is 2.80. The molecular formula is C14H13BrN2O2. The maximum atomic E-state index is 12.2. The van der Waals surface area contributed by atoms with Gasteiger partial charge in [-0.1, -0.05) is 12.1 Å². The number of amides is 1. The molecule has 3 N–H and O–H groups in total. The number of carbonyl (C=O) groups excluding carboxylic acids is 1. The number of anilines is 2. The second-order valence-corrected chi connectivity index (χ2v) is 4.75. The predicted octanol–water partition coefficient (Wildman–Crippen LogP) is 3.29. The van der Waals surface area contributed by atoms with Crippen LogP contribution >= 0.6 is 15.9 Å². The molecule has 0 fully saturated rings. The van der Waals surface area contributed by atoms with Crippen LogP contribution in [0.25, 0.3) is 0 Å². The number of ether oxygens (including phenoxy) is 1. The number of hydrogen-bond donors (Lipinski definition) is 2. The van der Waals surface area contributed by atoms with Crippen LogP contribution < -0.4 is 15.8 Å². The minimum atomic E-state index is -0.212. The monoisotopic (exact) mass is 320 g/mol. The third-order valence-corrected chi connectivity index (χ3v) is 3.28. The van der Waals surface area contributed by atoms with Crippen molar-refractivity contribution in [3.8, 4) is 5.75 Å². The van der Waals surface area contributed by atoms with Crippen molar-refractivity contribution in [2.45, 2.75) is 0 Å². The van der Waals surface area contributed by atoms with Crippen LogP contribution in [0.15, 0.2) is 46.9 Å². The summed E-state index contributed by atoms with van der Waals surface area (Å²) >= 11 is 3.35. The van der Waals surface area contributed by atoms with E-state index in [-0.39, 0.29) is 5.91 Å². The number of nitrogens with two attached hydrogens (primary N) is 1. The number of hydrogen-bond acceptors (Lipinski definition) is 3. The molecule has 98 valence electrons. The Morgan fingerprint density at radius 3 is 2.68 bits per heavy atom. The molecule has 19 heavy (non-hydrogen) atoms. The summed E-state index contributed by atoms with van der Waals surface area (Å²) in [6, 6.07) is 12.3. The van der Waals surface area contributed by atoms with E-state index in [1.807, 2.05) is 12.1 Å². The Labute approximate surface area is 119 Å². The average Bonchev–Trinajstić information content (AvgIpc) is 2.41. The van der Waals surface area contributed by atoms with Crippen molar-refractivity contribution in [2.24, 2.45) is 0 Å². The highest BCUT2D eigenvalue weighted by atomic mass is 79.9. The van der Waals surface area contributed by atoms with Crippen LogP contribution in [0.4, 0.5) is 11.4 Å². The Balaban J connectivity index is 2.27. The molecule has 0 aliphatic rings. The Morgan fingerprint density at radius 2 is 2.00 bits per heavy atom. The minimum absolute atomic E-state index is 0.212. The first kappa shape index (κ1) is 13.4. The van der Waals surface area contributed by atoms with Gasteiger partial charge in [-0.15, -0.1) is 0 Å². The van der Waals surface area contributed by atoms with Gasteiger partial charge in [0.1, 0.15) is 5.75 Å². The topological polar surface area (TPSA) is 64.3 Å². The molecule has 0 aliphatic heterocycles. The van der Waals surface area contributed by atoms with E-state index in [9.17, 15) is 4.79 Å². The van der Waals surface area contributed by atoms with E-state index in [0.29, 0.717) is 22.7 Å². The normalized spacial score (nSPS) is 10.0. The van der Waals surface area contributed by atoms with Gasteiger partial charge >= 0.3 is 0 Å².